The second kappa shape index (κ2) is 9.79. The number of aromatic amines is 1. The molecule has 1 amide bonds. The monoisotopic (exact) mass is 474 g/mol. The van der Waals surface area contributed by atoms with Crippen LogP contribution in [0.15, 0.2) is 47.7 Å². The number of nitriles is 1. The Labute approximate surface area is 209 Å². The minimum Gasteiger partial charge on any atom is -0.379 e. The largest absolute Gasteiger partial charge is 0.379 e. The van der Waals surface area contributed by atoms with Crippen molar-refractivity contribution in [1.29, 1.82) is 5.26 Å². The van der Waals surface area contributed by atoms with Gasteiger partial charge in [-0.25, -0.2) is 0 Å². The number of H-pyrrole nitrogens is 1. The first-order chi connectivity index (χ1) is 16.9. The van der Waals surface area contributed by atoms with E-state index in [0.717, 1.165) is 39.1 Å². The van der Waals surface area contributed by atoms with Gasteiger partial charge in [0.05, 0.1) is 24.8 Å². The van der Waals surface area contributed by atoms with Crippen LogP contribution in [-0.4, -0.2) is 53.7 Å². The van der Waals surface area contributed by atoms with Gasteiger partial charge in [-0.3, -0.25) is 9.69 Å². The molecule has 0 radical (unpaired) electrons. The summed E-state index contributed by atoms with van der Waals surface area (Å²) in [5, 5.41) is 12.4. The third-order valence-electron chi connectivity index (χ3n) is 8.60. The number of hydrogen-bond donors (Lipinski definition) is 2. The molecule has 2 atom stereocenters. The molecule has 0 bridgehead atoms. The Balaban J connectivity index is 1.45. The summed E-state index contributed by atoms with van der Waals surface area (Å²) < 4.78 is 5.68. The summed E-state index contributed by atoms with van der Waals surface area (Å²) in [6.45, 7) is 8.27. The molecule has 0 aromatic carbocycles. The van der Waals surface area contributed by atoms with Gasteiger partial charge in [-0.2, -0.15) is 5.26 Å². The highest BCUT2D eigenvalue weighted by atomic mass is 16.5. The van der Waals surface area contributed by atoms with E-state index in [4.69, 9.17) is 10.00 Å². The smallest absolute Gasteiger partial charge is 0.268 e. The molecular weight excluding hydrogens is 436 g/mol. The summed E-state index contributed by atoms with van der Waals surface area (Å²) in [4.78, 5) is 18.7. The minimum atomic E-state index is -0.163. The molecule has 2 unspecified atom stereocenters. The van der Waals surface area contributed by atoms with Gasteiger partial charge in [0.15, 0.2) is 0 Å². The van der Waals surface area contributed by atoms with Gasteiger partial charge >= 0.3 is 0 Å². The van der Waals surface area contributed by atoms with Gasteiger partial charge < -0.3 is 15.0 Å². The van der Waals surface area contributed by atoms with Crippen LogP contribution in [0, 0.1) is 22.7 Å². The first-order valence-electron chi connectivity index (χ1n) is 13.2. The van der Waals surface area contributed by atoms with Gasteiger partial charge in [-0.05, 0) is 49.2 Å². The maximum Gasteiger partial charge on any atom is 0.268 e. The van der Waals surface area contributed by atoms with Crippen LogP contribution in [0.25, 0.3) is 0 Å². The van der Waals surface area contributed by atoms with E-state index >= 15 is 0 Å². The standard InChI is InChI=1S/C29H38N4O2/c1-28(2)11-7-22(8-12-28)24-18-23(29(9-3-4-10-29)33-13-15-35-16-14-33)5-6-25(24)32-27(34)26-17-21(19-30)20-31-26/h5-7,17-18,20,24-25,31H,3-4,8-16H2,1-2H3,(H,32,34). The van der Waals surface area contributed by atoms with E-state index in [0.29, 0.717) is 16.7 Å². The quantitative estimate of drug-likeness (QED) is 0.596. The molecule has 4 aliphatic rings. The zero-order valence-corrected chi connectivity index (χ0v) is 21.1. The highest BCUT2D eigenvalue weighted by molar-refractivity contribution is 5.93. The highest BCUT2D eigenvalue weighted by Crippen LogP contribution is 2.46. The van der Waals surface area contributed by atoms with Crippen LogP contribution in [0.2, 0.25) is 0 Å². The zero-order chi connectivity index (χ0) is 24.5. The Bertz CT molecular complexity index is 1070. The molecule has 6 heteroatoms. The fourth-order valence-electron chi connectivity index (χ4n) is 6.42. The van der Waals surface area contributed by atoms with Crippen LogP contribution in [0.5, 0.6) is 0 Å². The zero-order valence-electron chi connectivity index (χ0n) is 21.1. The maximum atomic E-state index is 13.1. The Kier molecular flexibility index (Phi) is 6.74. The van der Waals surface area contributed by atoms with Gasteiger partial charge in [0.25, 0.3) is 5.91 Å². The molecule has 1 aliphatic heterocycles. The molecular formula is C29H38N4O2. The van der Waals surface area contributed by atoms with Crippen LogP contribution in [0.3, 0.4) is 0 Å². The third kappa shape index (κ3) is 4.90. The van der Waals surface area contributed by atoms with Crippen molar-refractivity contribution >= 4 is 5.91 Å². The van der Waals surface area contributed by atoms with Crippen LogP contribution in [0.1, 0.15) is 74.8 Å². The summed E-state index contributed by atoms with van der Waals surface area (Å²) in [7, 11) is 0. The van der Waals surface area contributed by atoms with E-state index < -0.39 is 0 Å². The number of aromatic nitrogens is 1. The van der Waals surface area contributed by atoms with Crippen LogP contribution < -0.4 is 5.32 Å². The molecule has 1 saturated carbocycles. The Morgan fingerprint density at radius 2 is 2.00 bits per heavy atom. The van der Waals surface area contributed by atoms with Crippen molar-refractivity contribution in [2.24, 2.45) is 11.3 Å². The number of allylic oxidation sites excluding steroid dienone is 1. The van der Waals surface area contributed by atoms with Crippen molar-refractivity contribution in [3.63, 3.8) is 0 Å². The molecule has 1 aromatic rings. The second-order valence-corrected chi connectivity index (χ2v) is 11.4. The molecule has 2 heterocycles. The van der Waals surface area contributed by atoms with E-state index in [1.807, 2.05) is 0 Å². The Morgan fingerprint density at radius 3 is 2.66 bits per heavy atom. The number of ether oxygens (including phenoxy) is 1. The van der Waals surface area contributed by atoms with Crippen LogP contribution in [-0.2, 0) is 4.74 Å². The lowest BCUT2D eigenvalue weighted by Gasteiger charge is -2.46. The lowest BCUT2D eigenvalue weighted by molar-refractivity contribution is -0.00695. The number of carbonyl (C=O) groups excluding carboxylic acids is 1. The molecule has 1 saturated heterocycles. The SMILES string of the molecule is CC1(C)CC=C(C2C=C(C3(N4CCOCC4)CCCC3)C=CC2NC(=O)c2cc(C#N)c[nH]2)CC1. The van der Waals surface area contributed by atoms with Gasteiger partial charge in [0.2, 0.25) is 0 Å². The van der Waals surface area contributed by atoms with Crippen molar-refractivity contribution in [2.45, 2.75) is 70.4 Å². The molecule has 6 nitrogen and oxygen atoms in total. The van der Waals surface area contributed by atoms with Crippen molar-refractivity contribution in [3.8, 4) is 6.07 Å². The van der Waals surface area contributed by atoms with E-state index in [1.165, 1.54) is 43.3 Å². The minimum absolute atomic E-state index is 0.0865. The fourth-order valence-corrected chi connectivity index (χ4v) is 6.42. The van der Waals surface area contributed by atoms with Crippen molar-refractivity contribution in [2.75, 3.05) is 26.3 Å². The summed E-state index contributed by atoms with van der Waals surface area (Å²) in [5.41, 5.74) is 4.18. The van der Waals surface area contributed by atoms with E-state index in [-0.39, 0.29) is 23.4 Å². The normalized spacial score (nSPS) is 28.1. The summed E-state index contributed by atoms with van der Waals surface area (Å²) in [5.74, 6) is -0.0116. The number of morpholine rings is 1. The third-order valence-corrected chi connectivity index (χ3v) is 8.60. The summed E-state index contributed by atoms with van der Waals surface area (Å²) >= 11 is 0. The number of amides is 1. The number of carbonyl (C=O) groups is 1. The lowest BCUT2D eigenvalue weighted by Crippen LogP contribution is -2.53. The molecule has 0 spiro atoms. The van der Waals surface area contributed by atoms with E-state index in [1.54, 1.807) is 12.3 Å². The van der Waals surface area contributed by atoms with Crippen molar-refractivity contribution < 1.29 is 9.53 Å². The summed E-state index contributed by atoms with van der Waals surface area (Å²) in [6.07, 6.45) is 19.2. The topological polar surface area (TPSA) is 81.2 Å². The second-order valence-electron chi connectivity index (χ2n) is 11.4. The molecule has 1 aromatic heterocycles. The predicted molar refractivity (Wildman–Crippen MR) is 137 cm³/mol. The van der Waals surface area contributed by atoms with Gasteiger partial charge in [0, 0.05) is 30.7 Å². The van der Waals surface area contributed by atoms with Crippen LogP contribution >= 0.6 is 0 Å². The van der Waals surface area contributed by atoms with Gasteiger partial charge in [-0.1, -0.05) is 56.6 Å². The first kappa shape index (κ1) is 24.1. The first-order valence-corrected chi connectivity index (χ1v) is 13.2. The fraction of sp³-hybridized carbons (Fsp3) is 0.586. The Hall–Kier alpha value is -2.62. The van der Waals surface area contributed by atoms with E-state index in [9.17, 15) is 4.79 Å². The molecule has 35 heavy (non-hydrogen) atoms. The van der Waals surface area contributed by atoms with Crippen LogP contribution in [0.4, 0.5) is 0 Å². The van der Waals surface area contributed by atoms with E-state index in [2.05, 4.69) is 59.4 Å². The van der Waals surface area contributed by atoms with Crippen molar-refractivity contribution in [1.82, 2.24) is 15.2 Å². The maximum absolute atomic E-state index is 13.1. The predicted octanol–water partition coefficient (Wildman–Crippen LogP) is 4.88. The molecule has 2 fully saturated rings. The number of hydrogen-bond acceptors (Lipinski definition) is 4. The molecule has 3 aliphatic carbocycles. The Morgan fingerprint density at radius 1 is 1.23 bits per heavy atom. The van der Waals surface area contributed by atoms with Gasteiger partial charge in [0.1, 0.15) is 11.8 Å². The highest BCUT2D eigenvalue weighted by Gasteiger charge is 2.44. The number of nitrogens with one attached hydrogen (secondary N) is 2. The number of nitrogens with zero attached hydrogens (tertiary/aromatic N) is 2. The number of rotatable bonds is 5. The molecule has 5 rings (SSSR count). The average Bonchev–Trinajstić information content (AvgIpc) is 3.56. The van der Waals surface area contributed by atoms with Crippen molar-refractivity contribution in [3.05, 3.63) is 59.0 Å². The average molecular weight is 475 g/mol. The van der Waals surface area contributed by atoms with Gasteiger partial charge in [-0.15, -0.1) is 0 Å². The lowest BCUT2D eigenvalue weighted by atomic mass is 9.71. The summed E-state index contributed by atoms with van der Waals surface area (Å²) in [6, 6.07) is 3.61. The molecule has 2 N–H and O–H groups in total. The molecule has 186 valence electrons.